The third-order valence-electron chi connectivity index (χ3n) is 4.40. The number of amides is 2. The molecule has 1 N–H and O–H groups in total. The Kier molecular flexibility index (Phi) is 2.69. The second kappa shape index (κ2) is 4.09. The molecule has 3 rings (SSSR count). The zero-order chi connectivity index (χ0) is 12.0. The first-order valence-corrected chi connectivity index (χ1v) is 6.74. The number of hydrogen-bond donors (Lipinski definition) is 1. The van der Waals surface area contributed by atoms with Gasteiger partial charge < -0.3 is 5.32 Å². The summed E-state index contributed by atoms with van der Waals surface area (Å²) < 4.78 is 0. The lowest BCUT2D eigenvalue weighted by atomic mass is 9.92. The van der Waals surface area contributed by atoms with Gasteiger partial charge in [-0.15, -0.1) is 0 Å². The number of imide groups is 1. The monoisotopic (exact) mass is 236 g/mol. The molecule has 4 nitrogen and oxygen atoms in total. The number of rotatable bonds is 1. The molecule has 0 saturated carbocycles. The fraction of sp³-hybridized carbons (Fsp3) is 0.846. The van der Waals surface area contributed by atoms with Gasteiger partial charge in [0.15, 0.2) is 0 Å². The summed E-state index contributed by atoms with van der Waals surface area (Å²) in [4.78, 5) is 25.7. The van der Waals surface area contributed by atoms with Crippen LogP contribution in [0.25, 0.3) is 0 Å². The van der Waals surface area contributed by atoms with Gasteiger partial charge in [0.2, 0.25) is 11.8 Å². The van der Waals surface area contributed by atoms with Gasteiger partial charge in [0.05, 0.1) is 0 Å². The molecule has 0 aliphatic carbocycles. The lowest BCUT2D eigenvalue weighted by Crippen LogP contribution is -2.54. The summed E-state index contributed by atoms with van der Waals surface area (Å²) in [6.07, 6.45) is 5.42. The number of nitrogens with one attached hydrogen (secondary N) is 1. The number of likely N-dealkylation sites (tertiary alicyclic amines) is 1. The maximum absolute atomic E-state index is 12.0. The highest BCUT2D eigenvalue weighted by molar-refractivity contribution is 5.98. The highest BCUT2D eigenvalue weighted by Crippen LogP contribution is 2.32. The van der Waals surface area contributed by atoms with Crippen LogP contribution in [0.5, 0.6) is 0 Å². The van der Waals surface area contributed by atoms with Crippen molar-refractivity contribution in [1.82, 2.24) is 10.2 Å². The van der Waals surface area contributed by atoms with Gasteiger partial charge in [0.1, 0.15) is 0 Å². The molecule has 3 fully saturated rings. The maximum Gasteiger partial charge on any atom is 0.229 e. The number of nitrogens with zero attached hydrogens (tertiary/aromatic N) is 1. The van der Waals surface area contributed by atoms with E-state index in [1.54, 1.807) is 4.90 Å². The Morgan fingerprint density at radius 1 is 1.06 bits per heavy atom. The molecular formula is C13H20N2O2. The van der Waals surface area contributed by atoms with Crippen LogP contribution in [-0.4, -0.2) is 34.8 Å². The molecule has 3 saturated heterocycles. The van der Waals surface area contributed by atoms with E-state index in [9.17, 15) is 9.59 Å². The fourth-order valence-corrected chi connectivity index (χ4v) is 3.65. The van der Waals surface area contributed by atoms with Crippen molar-refractivity contribution >= 4 is 11.8 Å². The normalized spacial score (nSPS) is 38.9. The molecule has 3 aliphatic rings. The van der Waals surface area contributed by atoms with Crippen molar-refractivity contribution in [1.29, 1.82) is 0 Å². The molecule has 4 heteroatoms. The Labute approximate surface area is 102 Å². The van der Waals surface area contributed by atoms with Gasteiger partial charge in [-0.3, -0.25) is 14.5 Å². The maximum atomic E-state index is 12.0. The Morgan fingerprint density at radius 2 is 1.59 bits per heavy atom. The average Bonchev–Trinajstić information content (AvgIpc) is 2.56. The van der Waals surface area contributed by atoms with E-state index in [2.05, 4.69) is 5.32 Å². The first kappa shape index (κ1) is 11.2. The van der Waals surface area contributed by atoms with Gasteiger partial charge in [-0.2, -0.15) is 0 Å². The highest BCUT2D eigenvalue weighted by atomic mass is 16.2. The second-order valence-electron chi connectivity index (χ2n) is 5.93. The van der Waals surface area contributed by atoms with E-state index in [4.69, 9.17) is 0 Å². The molecule has 2 atom stereocenters. The SMILES string of the molecule is CC1CC(=O)N(C2CC3CCC(C2)N3)C(=O)C1. The number of carbonyl (C=O) groups is 2. The summed E-state index contributed by atoms with van der Waals surface area (Å²) in [5.74, 6) is 0.338. The summed E-state index contributed by atoms with van der Waals surface area (Å²) in [7, 11) is 0. The first-order chi connectivity index (χ1) is 8.13. The van der Waals surface area contributed by atoms with Crippen LogP contribution in [-0.2, 0) is 9.59 Å². The van der Waals surface area contributed by atoms with E-state index < -0.39 is 0 Å². The van der Waals surface area contributed by atoms with Gasteiger partial charge in [0.25, 0.3) is 0 Å². The topological polar surface area (TPSA) is 49.4 Å². The molecule has 0 spiro atoms. The average molecular weight is 236 g/mol. The molecule has 17 heavy (non-hydrogen) atoms. The van der Waals surface area contributed by atoms with Crippen LogP contribution in [0.4, 0.5) is 0 Å². The molecule has 2 bridgehead atoms. The van der Waals surface area contributed by atoms with Crippen LogP contribution in [0.15, 0.2) is 0 Å². The number of fused-ring (bicyclic) bond motifs is 2. The first-order valence-electron chi connectivity index (χ1n) is 6.74. The standard InChI is InChI=1S/C13H20N2O2/c1-8-4-12(16)15(13(17)5-8)11-6-9-2-3-10(7-11)14-9/h8-11,14H,2-7H2,1H3. The van der Waals surface area contributed by atoms with E-state index >= 15 is 0 Å². The van der Waals surface area contributed by atoms with Crippen LogP contribution in [0, 0.1) is 5.92 Å². The predicted octanol–water partition coefficient (Wildman–Crippen LogP) is 1.05. The molecule has 3 heterocycles. The van der Waals surface area contributed by atoms with Crippen LogP contribution < -0.4 is 5.32 Å². The Bertz CT molecular complexity index is 325. The molecule has 94 valence electrons. The molecule has 2 amide bonds. The minimum absolute atomic E-state index is 0.0556. The molecule has 0 aromatic carbocycles. The Hall–Kier alpha value is -0.900. The third kappa shape index (κ3) is 1.99. The number of hydrogen-bond acceptors (Lipinski definition) is 3. The third-order valence-corrected chi connectivity index (χ3v) is 4.40. The Balaban J connectivity index is 1.75. The minimum Gasteiger partial charge on any atom is -0.311 e. The molecule has 0 aromatic heterocycles. The molecule has 3 aliphatic heterocycles. The van der Waals surface area contributed by atoms with Crippen LogP contribution in [0.2, 0.25) is 0 Å². The van der Waals surface area contributed by atoms with Crippen LogP contribution in [0.3, 0.4) is 0 Å². The minimum atomic E-state index is 0.0556. The van der Waals surface area contributed by atoms with Crippen molar-refractivity contribution < 1.29 is 9.59 Å². The lowest BCUT2D eigenvalue weighted by molar-refractivity contribution is -0.153. The zero-order valence-corrected chi connectivity index (χ0v) is 10.3. The fourth-order valence-electron chi connectivity index (χ4n) is 3.65. The van der Waals surface area contributed by atoms with E-state index in [1.165, 1.54) is 12.8 Å². The van der Waals surface area contributed by atoms with Crippen LogP contribution >= 0.6 is 0 Å². The van der Waals surface area contributed by atoms with E-state index in [1.807, 2.05) is 6.92 Å². The highest BCUT2D eigenvalue weighted by Gasteiger charge is 2.41. The summed E-state index contributed by atoms with van der Waals surface area (Å²) in [5.41, 5.74) is 0. The Morgan fingerprint density at radius 3 is 2.12 bits per heavy atom. The summed E-state index contributed by atoms with van der Waals surface area (Å²) in [6, 6.07) is 1.22. The van der Waals surface area contributed by atoms with E-state index in [0.717, 1.165) is 12.8 Å². The number of piperidine rings is 2. The predicted molar refractivity (Wildman–Crippen MR) is 63.2 cm³/mol. The summed E-state index contributed by atoms with van der Waals surface area (Å²) in [6.45, 7) is 1.99. The van der Waals surface area contributed by atoms with Gasteiger partial charge in [0, 0.05) is 31.0 Å². The second-order valence-corrected chi connectivity index (χ2v) is 5.93. The van der Waals surface area contributed by atoms with Crippen molar-refractivity contribution in [3.63, 3.8) is 0 Å². The van der Waals surface area contributed by atoms with Crippen molar-refractivity contribution in [3.8, 4) is 0 Å². The quantitative estimate of drug-likeness (QED) is 0.692. The molecular weight excluding hydrogens is 216 g/mol. The van der Waals surface area contributed by atoms with Crippen molar-refractivity contribution in [2.24, 2.45) is 5.92 Å². The summed E-state index contributed by atoms with van der Waals surface area (Å²) in [5, 5.41) is 3.55. The van der Waals surface area contributed by atoms with E-state index in [0.29, 0.717) is 24.9 Å². The van der Waals surface area contributed by atoms with E-state index in [-0.39, 0.29) is 23.8 Å². The van der Waals surface area contributed by atoms with Gasteiger partial charge in [-0.1, -0.05) is 6.92 Å². The largest absolute Gasteiger partial charge is 0.311 e. The number of carbonyl (C=O) groups excluding carboxylic acids is 2. The van der Waals surface area contributed by atoms with Gasteiger partial charge in [-0.05, 0) is 31.6 Å². The van der Waals surface area contributed by atoms with Gasteiger partial charge in [-0.25, -0.2) is 0 Å². The van der Waals surface area contributed by atoms with Crippen molar-refractivity contribution in [2.75, 3.05) is 0 Å². The molecule has 0 aromatic rings. The van der Waals surface area contributed by atoms with Crippen molar-refractivity contribution in [3.05, 3.63) is 0 Å². The molecule has 0 radical (unpaired) electrons. The van der Waals surface area contributed by atoms with Gasteiger partial charge >= 0.3 is 0 Å². The summed E-state index contributed by atoms with van der Waals surface area (Å²) >= 11 is 0. The van der Waals surface area contributed by atoms with Crippen molar-refractivity contribution in [2.45, 2.75) is 63.6 Å². The zero-order valence-electron chi connectivity index (χ0n) is 10.3. The molecule has 2 unspecified atom stereocenters. The smallest absolute Gasteiger partial charge is 0.229 e. The van der Waals surface area contributed by atoms with Crippen LogP contribution in [0.1, 0.15) is 45.4 Å². The lowest BCUT2D eigenvalue weighted by Gasteiger charge is -2.39.